The topological polar surface area (TPSA) is 41.6 Å². The summed E-state index contributed by atoms with van der Waals surface area (Å²) >= 11 is 0. The Morgan fingerprint density at radius 2 is 1.94 bits per heavy atom. The van der Waals surface area contributed by atoms with Crippen molar-refractivity contribution in [3.63, 3.8) is 0 Å². The Hall–Kier alpha value is -0.770. The molecule has 0 saturated carbocycles. The minimum atomic E-state index is -0.395. The van der Waals surface area contributed by atoms with Crippen molar-refractivity contribution in [2.24, 2.45) is 11.8 Å². The second kappa shape index (κ2) is 6.41. The van der Waals surface area contributed by atoms with Crippen LogP contribution in [0.4, 0.5) is 4.79 Å². The lowest BCUT2D eigenvalue weighted by atomic mass is 9.85. The first-order chi connectivity index (χ1) is 8.33. The van der Waals surface area contributed by atoms with E-state index in [1.807, 2.05) is 32.7 Å². The number of rotatable bonds is 3. The van der Waals surface area contributed by atoms with Crippen LogP contribution in [0.3, 0.4) is 0 Å². The number of ether oxygens (including phenoxy) is 1. The molecule has 1 N–H and O–H groups in total. The summed E-state index contributed by atoms with van der Waals surface area (Å²) in [5.41, 5.74) is -0.395. The van der Waals surface area contributed by atoms with Gasteiger partial charge in [0.15, 0.2) is 0 Å². The number of nitrogens with zero attached hydrogens (tertiary/aromatic N) is 1. The normalized spacial score (nSPS) is 19.7. The molecule has 1 heterocycles. The number of carbonyl (C=O) groups is 1. The molecule has 1 aliphatic rings. The molecule has 0 aliphatic carbocycles. The van der Waals surface area contributed by atoms with E-state index in [2.05, 4.69) is 12.2 Å². The Bertz CT molecular complexity index is 265. The van der Waals surface area contributed by atoms with Gasteiger partial charge in [-0.15, -0.1) is 0 Å². The van der Waals surface area contributed by atoms with Gasteiger partial charge in [0, 0.05) is 13.1 Å². The number of likely N-dealkylation sites (tertiary alicyclic amines) is 1. The summed E-state index contributed by atoms with van der Waals surface area (Å²) in [5.74, 6) is 1.40. The van der Waals surface area contributed by atoms with Gasteiger partial charge < -0.3 is 15.0 Å². The van der Waals surface area contributed by atoms with Crippen LogP contribution < -0.4 is 5.32 Å². The van der Waals surface area contributed by atoms with Gasteiger partial charge in [0.2, 0.25) is 0 Å². The predicted molar refractivity (Wildman–Crippen MR) is 73.6 cm³/mol. The maximum atomic E-state index is 11.9. The summed E-state index contributed by atoms with van der Waals surface area (Å²) < 4.78 is 5.40. The van der Waals surface area contributed by atoms with E-state index in [1.165, 1.54) is 0 Å². The van der Waals surface area contributed by atoms with Gasteiger partial charge in [-0.2, -0.15) is 0 Å². The fourth-order valence-corrected chi connectivity index (χ4v) is 2.47. The molecule has 4 heteroatoms. The fraction of sp³-hybridized carbons (Fsp3) is 0.929. The maximum absolute atomic E-state index is 11.9. The SMILES string of the molecule is CNCC(C)C1CCN(C(=O)OC(C)(C)C)CC1. The van der Waals surface area contributed by atoms with Gasteiger partial charge in [0.1, 0.15) is 5.60 Å². The van der Waals surface area contributed by atoms with Crippen molar-refractivity contribution in [2.45, 2.75) is 46.1 Å². The molecule has 106 valence electrons. The zero-order chi connectivity index (χ0) is 13.8. The highest BCUT2D eigenvalue weighted by atomic mass is 16.6. The molecule has 1 aliphatic heterocycles. The van der Waals surface area contributed by atoms with Gasteiger partial charge >= 0.3 is 6.09 Å². The monoisotopic (exact) mass is 256 g/mol. The lowest BCUT2D eigenvalue weighted by Crippen LogP contribution is -2.43. The molecule has 4 nitrogen and oxygen atoms in total. The average Bonchev–Trinajstić information content (AvgIpc) is 2.27. The highest BCUT2D eigenvalue weighted by Crippen LogP contribution is 2.25. The van der Waals surface area contributed by atoms with E-state index < -0.39 is 5.60 Å². The van der Waals surface area contributed by atoms with Crippen LogP contribution in [0.1, 0.15) is 40.5 Å². The maximum Gasteiger partial charge on any atom is 0.410 e. The second-order valence-electron chi connectivity index (χ2n) is 6.34. The standard InChI is InChI=1S/C14H28N2O2/c1-11(10-15-5)12-6-8-16(9-7-12)13(17)18-14(2,3)4/h11-12,15H,6-10H2,1-5H3. The van der Waals surface area contributed by atoms with Gasteiger partial charge in [0.25, 0.3) is 0 Å². The summed E-state index contributed by atoms with van der Waals surface area (Å²) in [6.45, 7) is 10.7. The first-order valence-corrected chi connectivity index (χ1v) is 6.96. The molecule has 0 aromatic carbocycles. The van der Waals surface area contributed by atoms with Crippen molar-refractivity contribution in [3.05, 3.63) is 0 Å². The summed E-state index contributed by atoms with van der Waals surface area (Å²) in [5, 5.41) is 3.22. The van der Waals surface area contributed by atoms with Crippen molar-refractivity contribution in [2.75, 3.05) is 26.7 Å². The van der Waals surface area contributed by atoms with Crippen LogP contribution in [0.5, 0.6) is 0 Å². The minimum absolute atomic E-state index is 0.165. The van der Waals surface area contributed by atoms with Crippen LogP contribution >= 0.6 is 0 Å². The number of carbonyl (C=O) groups excluding carboxylic acids is 1. The largest absolute Gasteiger partial charge is 0.444 e. The van der Waals surface area contributed by atoms with Crippen LogP contribution in [0, 0.1) is 11.8 Å². The molecule has 0 spiro atoms. The third kappa shape index (κ3) is 4.84. The van der Waals surface area contributed by atoms with Crippen LogP contribution in [-0.4, -0.2) is 43.3 Å². The first-order valence-electron chi connectivity index (χ1n) is 6.96. The van der Waals surface area contributed by atoms with Crippen LogP contribution in [-0.2, 0) is 4.74 Å². The Morgan fingerprint density at radius 3 is 2.39 bits per heavy atom. The van der Waals surface area contributed by atoms with Crippen LogP contribution in [0.2, 0.25) is 0 Å². The van der Waals surface area contributed by atoms with Gasteiger partial charge in [-0.25, -0.2) is 4.79 Å². The summed E-state index contributed by atoms with van der Waals surface area (Å²) in [6, 6.07) is 0. The van der Waals surface area contributed by atoms with E-state index in [0.717, 1.165) is 38.4 Å². The quantitative estimate of drug-likeness (QED) is 0.843. The summed E-state index contributed by atoms with van der Waals surface area (Å²) in [6.07, 6.45) is 2.01. The second-order valence-corrected chi connectivity index (χ2v) is 6.34. The summed E-state index contributed by atoms with van der Waals surface area (Å²) in [7, 11) is 1.99. The molecular formula is C14H28N2O2. The van der Waals surface area contributed by atoms with Gasteiger partial charge in [-0.05, 0) is 59.0 Å². The molecule has 0 bridgehead atoms. The molecule has 0 aromatic heterocycles. The summed E-state index contributed by atoms with van der Waals surface area (Å²) in [4.78, 5) is 13.7. The van der Waals surface area contributed by atoms with Crippen LogP contribution in [0.25, 0.3) is 0 Å². The van der Waals surface area contributed by atoms with Crippen molar-refractivity contribution < 1.29 is 9.53 Å². The Balaban J connectivity index is 2.37. The Labute approximate surface area is 111 Å². The van der Waals surface area contributed by atoms with E-state index in [1.54, 1.807) is 0 Å². The molecule has 1 amide bonds. The number of amides is 1. The third-order valence-corrected chi connectivity index (χ3v) is 3.52. The molecule has 0 aromatic rings. The predicted octanol–water partition coefficient (Wildman–Crippen LogP) is 2.49. The molecule has 1 rings (SSSR count). The highest BCUT2D eigenvalue weighted by molar-refractivity contribution is 5.68. The number of hydrogen-bond donors (Lipinski definition) is 1. The molecule has 1 saturated heterocycles. The van der Waals surface area contributed by atoms with Crippen molar-refractivity contribution in [1.82, 2.24) is 10.2 Å². The molecule has 0 radical (unpaired) electrons. The van der Waals surface area contributed by atoms with Gasteiger partial charge in [-0.3, -0.25) is 0 Å². The Morgan fingerprint density at radius 1 is 1.39 bits per heavy atom. The fourth-order valence-electron chi connectivity index (χ4n) is 2.47. The van der Waals surface area contributed by atoms with E-state index in [0.29, 0.717) is 5.92 Å². The smallest absolute Gasteiger partial charge is 0.410 e. The number of piperidine rings is 1. The molecular weight excluding hydrogens is 228 g/mol. The number of nitrogens with one attached hydrogen (secondary N) is 1. The average molecular weight is 256 g/mol. The number of hydrogen-bond acceptors (Lipinski definition) is 3. The molecule has 1 unspecified atom stereocenters. The molecule has 1 fully saturated rings. The van der Waals surface area contributed by atoms with E-state index >= 15 is 0 Å². The Kier molecular flexibility index (Phi) is 5.45. The molecule has 1 atom stereocenters. The van der Waals surface area contributed by atoms with Crippen molar-refractivity contribution in [1.29, 1.82) is 0 Å². The zero-order valence-corrected chi connectivity index (χ0v) is 12.5. The molecule has 18 heavy (non-hydrogen) atoms. The van der Waals surface area contributed by atoms with Gasteiger partial charge in [-0.1, -0.05) is 6.92 Å². The van der Waals surface area contributed by atoms with E-state index in [9.17, 15) is 4.79 Å². The third-order valence-electron chi connectivity index (χ3n) is 3.52. The zero-order valence-electron chi connectivity index (χ0n) is 12.5. The minimum Gasteiger partial charge on any atom is -0.444 e. The van der Waals surface area contributed by atoms with Crippen molar-refractivity contribution >= 4 is 6.09 Å². The first kappa shape index (κ1) is 15.3. The van der Waals surface area contributed by atoms with E-state index in [4.69, 9.17) is 4.74 Å². The van der Waals surface area contributed by atoms with E-state index in [-0.39, 0.29) is 6.09 Å². The van der Waals surface area contributed by atoms with Gasteiger partial charge in [0.05, 0.1) is 0 Å². The van der Waals surface area contributed by atoms with Crippen molar-refractivity contribution in [3.8, 4) is 0 Å². The highest BCUT2D eigenvalue weighted by Gasteiger charge is 2.28. The lowest BCUT2D eigenvalue weighted by Gasteiger charge is -2.35. The lowest BCUT2D eigenvalue weighted by molar-refractivity contribution is 0.0163. The van der Waals surface area contributed by atoms with Crippen LogP contribution in [0.15, 0.2) is 0 Å².